The molecule has 4 aromatic rings. The Balaban J connectivity index is 1.49. The predicted molar refractivity (Wildman–Crippen MR) is 117 cm³/mol. The molecule has 2 heterocycles. The Kier molecular flexibility index (Phi) is 4.40. The minimum absolute atomic E-state index is 0.214. The Labute approximate surface area is 172 Å². The summed E-state index contributed by atoms with van der Waals surface area (Å²) in [6, 6.07) is 25.1. The number of aliphatic imine (C=N–C) groups is 1. The van der Waals surface area contributed by atoms with E-state index < -0.39 is 6.17 Å². The lowest BCUT2D eigenvalue weighted by atomic mass is 10.1. The molecule has 5 rings (SSSR count). The fourth-order valence-corrected chi connectivity index (χ4v) is 3.56. The van der Waals surface area contributed by atoms with Crippen LogP contribution in [0, 0.1) is 0 Å². The van der Waals surface area contributed by atoms with Crippen LogP contribution in [0.3, 0.4) is 0 Å². The van der Waals surface area contributed by atoms with Crippen molar-refractivity contribution in [3.8, 4) is 5.75 Å². The third kappa shape index (κ3) is 3.26. The number of anilines is 1. The highest BCUT2D eigenvalue weighted by Crippen LogP contribution is 2.30. The van der Waals surface area contributed by atoms with E-state index in [4.69, 9.17) is 10.5 Å². The molecular weight excluding hydrogens is 378 g/mol. The van der Waals surface area contributed by atoms with E-state index in [1.54, 1.807) is 6.07 Å². The molecule has 0 saturated carbocycles. The van der Waals surface area contributed by atoms with Crippen LogP contribution in [-0.4, -0.2) is 15.5 Å². The lowest BCUT2D eigenvalue weighted by molar-refractivity contribution is 0.306. The Bertz CT molecular complexity index is 1300. The molecule has 3 N–H and O–H groups in total. The van der Waals surface area contributed by atoms with Crippen LogP contribution in [0.1, 0.15) is 17.3 Å². The molecule has 7 nitrogen and oxygen atoms in total. The second-order valence-corrected chi connectivity index (χ2v) is 6.98. The van der Waals surface area contributed by atoms with Gasteiger partial charge in [0.25, 0.3) is 5.56 Å². The van der Waals surface area contributed by atoms with Crippen LogP contribution in [0.2, 0.25) is 0 Å². The first-order chi connectivity index (χ1) is 14.7. The summed E-state index contributed by atoms with van der Waals surface area (Å²) in [4.78, 5) is 21.1. The number of guanidine groups is 1. The third-order valence-electron chi connectivity index (χ3n) is 5.00. The molecule has 1 atom stereocenters. The molecule has 0 bridgehead atoms. The van der Waals surface area contributed by atoms with Gasteiger partial charge in [-0.25, -0.2) is 4.99 Å². The van der Waals surface area contributed by atoms with E-state index in [1.165, 1.54) is 0 Å². The van der Waals surface area contributed by atoms with Crippen molar-refractivity contribution in [1.29, 1.82) is 0 Å². The van der Waals surface area contributed by atoms with Crippen molar-refractivity contribution < 1.29 is 4.74 Å². The van der Waals surface area contributed by atoms with Gasteiger partial charge >= 0.3 is 0 Å². The maximum Gasteiger partial charge on any atom is 0.282 e. The Hall–Kier alpha value is -4.13. The minimum atomic E-state index is -0.442. The molecule has 1 aliphatic rings. The Morgan fingerprint density at radius 3 is 2.50 bits per heavy atom. The lowest BCUT2D eigenvalue weighted by Crippen LogP contribution is -2.34. The summed E-state index contributed by atoms with van der Waals surface area (Å²) >= 11 is 0. The van der Waals surface area contributed by atoms with Crippen LogP contribution in [0.5, 0.6) is 5.75 Å². The Morgan fingerprint density at radius 1 is 0.967 bits per heavy atom. The van der Waals surface area contributed by atoms with Crippen molar-refractivity contribution in [3.63, 3.8) is 0 Å². The van der Waals surface area contributed by atoms with E-state index in [9.17, 15) is 4.79 Å². The summed E-state index contributed by atoms with van der Waals surface area (Å²) in [5.74, 6) is 1.35. The highest BCUT2D eigenvalue weighted by atomic mass is 16.5. The first-order valence-corrected chi connectivity index (χ1v) is 9.57. The van der Waals surface area contributed by atoms with Crippen LogP contribution in [0.4, 0.5) is 5.95 Å². The zero-order valence-electron chi connectivity index (χ0n) is 16.0. The first kappa shape index (κ1) is 17.9. The first-order valence-electron chi connectivity index (χ1n) is 9.57. The van der Waals surface area contributed by atoms with Crippen molar-refractivity contribution in [2.75, 3.05) is 5.32 Å². The molecule has 30 heavy (non-hydrogen) atoms. The molecule has 1 unspecified atom stereocenters. The number of hydrogen-bond donors (Lipinski definition) is 2. The van der Waals surface area contributed by atoms with E-state index in [2.05, 4.69) is 15.3 Å². The highest BCUT2D eigenvalue weighted by Gasteiger charge is 2.24. The fourth-order valence-electron chi connectivity index (χ4n) is 3.56. The summed E-state index contributed by atoms with van der Waals surface area (Å²) < 4.78 is 7.76. The number of aromatic nitrogens is 2. The van der Waals surface area contributed by atoms with Crippen LogP contribution in [0.25, 0.3) is 10.9 Å². The van der Waals surface area contributed by atoms with E-state index >= 15 is 0 Å². The van der Waals surface area contributed by atoms with Gasteiger partial charge in [0.2, 0.25) is 5.95 Å². The number of nitrogens with two attached hydrogens (primary N) is 1. The minimum Gasteiger partial charge on any atom is -0.489 e. The second-order valence-electron chi connectivity index (χ2n) is 6.98. The summed E-state index contributed by atoms with van der Waals surface area (Å²) in [5, 5.41) is 3.43. The van der Waals surface area contributed by atoms with Crippen LogP contribution >= 0.6 is 0 Å². The van der Waals surface area contributed by atoms with Crippen LogP contribution in [0.15, 0.2) is 88.6 Å². The molecule has 3 aromatic carbocycles. The fraction of sp³-hybridized carbons (Fsp3) is 0.0870. The number of rotatable bonds is 4. The van der Waals surface area contributed by atoms with Gasteiger partial charge in [-0.1, -0.05) is 54.6 Å². The van der Waals surface area contributed by atoms with E-state index in [0.29, 0.717) is 17.9 Å². The SMILES string of the molecule is NC1=NC(c2ccc(OCc3ccccc3)cc2)n2c(nc(=O)c3ccccc32)N1. The molecule has 148 valence electrons. The number of para-hydroxylation sites is 1. The number of hydrogen-bond acceptors (Lipinski definition) is 6. The maximum atomic E-state index is 12.4. The van der Waals surface area contributed by atoms with Gasteiger partial charge in [-0.3, -0.25) is 14.7 Å². The number of ether oxygens (including phenoxy) is 1. The molecular formula is C23H19N5O2. The van der Waals surface area contributed by atoms with Gasteiger partial charge in [-0.2, -0.15) is 4.98 Å². The predicted octanol–water partition coefficient (Wildman–Crippen LogP) is 3.26. The summed E-state index contributed by atoms with van der Waals surface area (Å²) in [6.07, 6.45) is -0.442. The molecule has 0 saturated heterocycles. The number of nitrogens with one attached hydrogen (secondary N) is 1. The standard InChI is InChI=1S/C23H19N5O2/c24-22-25-20(28-19-9-5-4-8-18(19)21(29)26-23(28)27-22)16-10-12-17(13-11-16)30-14-15-6-2-1-3-7-15/h1-13,20H,14H2,(H3,24,25,26,27,29). The molecule has 0 aliphatic carbocycles. The molecule has 1 aliphatic heterocycles. The second kappa shape index (κ2) is 7.36. The highest BCUT2D eigenvalue weighted by molar-refractivity contribution is 5.93. The van der Waals surface area contributed by atoms with Crippen molar-refractivity contribution >= 4 is 22.8 Å². The molecule has 7 heteroatoms. The van der Waals surface area contributed by atoms with Gasteiger partial charge < -0.3 is 10.5 Å². The van der Waals surface area contributed by atoms with Gasteiger partial charge in [-0.15, -0.1) is 0 Å². The maximum absolute atomic E-state index is 12.4. The molecule has 1 aromatic heterocycles. The summed E-state index contributed by atoms with van der Waals surface area (Å²) in [6.45, 7) is 0.497. The van der Waals surface area contributed by atoms with Gasteiger partial charge in [0.1, 0.15) is 12.4 Å². The summed E-state index contributed by atoms with van der Waals surface area (Å²) in [5.41, 5.74) is 8.42. The molecule has 0 radical (unpaired) electrons. The van der Waals surface area contributed by atoms with E-state index in [0.717, 1.165) is 22.4 Å². The van der Waals surface area contributed by atoms with Gasteiger partial charge in [-0.05, 0) is 35.4 Å². The van der Waals surface area contributed by atoms with Gasteiger partial charge in [0.15, 0.2) is 12.1 Å². The van der Waals surface area contributed by atoms with Gasteiger partial charge in [0, 0.05) is 0 Å². The average molecular weight is 397 g/mol. The lowest BCUT2D eigenvalue weighted by Gasteiger charge is -2.27. The molecule has 0 spiro atoms. The normalized spacial score (nSPS) is 15.2. The topological polar surface area (TPSA) is 94.5 Å². The van der Waals surface area contributed by atoms with Crippen LogP contribution < -0.4 is 21.3 Å². The molecule has 0 fully saturated rings. The van der Waals surface area contributed by atoms with Crippen molar-refractivity contribution in [3.05, 3.63) is 100 Å². The van der Waals surface area contributed by atoms with Gasteiger partial charge in [0.05, 0.1) is 10.9 Å². The average Bonchev–Trinajstić information content (AvgIpc) is 2.78. The summed E-state index contributed by atoms with van der Waals surface area (Å²) in [7, 11) is 0. The van der Waals surface area contributed by atoms with E-state index in [-0.39, 0.29) is 11.5 Å². The van der Waals surface area contributed by atoms with Crippen molar-refractivity contribution in [2.45, 2.75) is 12.8 Å². The zero-order chi connectivity index (χ0) is 20.5. The Morgan fingerprint density at radius 2 is 1.70 bits per heavy atom. The largest absolute Gasteiger partial charge is 0.489 e. The number of benzene rings is 3. The number of fused-ring (bicyclic) bond motifs is 3. The molecule has 0 amide bonds. The van der Waals surface area contributed by atoms with E-state index in [1.807, 2.05) is 77.4 Å². The van der Waals surface area contributed by atoms with Crippen molar-refractivity contribution in [2.24, 2.45) is 10.7 Å². The monoisotopic (exact) mass is 397 g/mol. The quantitative estimate of drug-likeness (QED) is 0.551. The smallest absolute Gasteiger partial charge is 0.282 e. The van der Waals surface area contributed by atoms with Crippen molar-refractivity contribution in [1.82, 2.24) is 9.55 Å². The number of nitrogens with zero attached hydrogens (tertiary/aromatic N) is 3. The zero-order valence-corrected chi connectivity index (χ0v) is 16.0. The van der Waals surface area contributed by atoms with Crippen LogP contribution in [-0.2, 0) is 6.61 Å². The third-order valence-corrected chi connectivity index (χ3v) is 5.00.